The number of nitrogens with one attached hydrogen (secondary N) is 1. The fourth-order valence-electron chi connectivity index (χ4n) is 3.11. The predicted octanol–water partition coefficient (Wildman–Crippen LogP) is 2.88. The molecule has 28 heavy (non-hydrogen) atoms. The number of ketones is 1. The number of H-pyrrole nitrogens is 1. The average molecular weight is 375 g/mol. The fraction of sp³-hybridized carbons (Fsp3) is 0.150. The van der Waals surface area contributed by atoms with Crippen molar-refractivity contribution in [2.24, 2.45) is 0 Å². The first kappa shape index (κ1) is 17.6. The molecule has 0 spiro atoms. The SMILES string of the molecule is Cc1[nH]c2ccccc2c1C(=O)[C@@H](C)OC(=O)c1ccc(-n2cnnn2)cc1. The summed E-state index contributed by atoms with van der Waals surface area (Å²) in [6.07, 6.45) is 0.544. The first-order valence-corrected chi connectivity index (χ1v) is 8.70. The van der Waals surface area contributed by atoms with Gasteiger partial charge in [0.2, 0.25) is 5.78 Å². The van der Waals surface area contributed by atoms with Crippen LogP contribution in [0.1, 0.15) is 33.3 Å². The maximum absolute atomic E-state index is 12.9. The van der Waals surface area contributed by atoms with Crippen molar-refractivity contribution >= 4 is 22.7 Å². The normalized spacial score (nSPS) is 12.1. The second kappa shape index (κ2) is 7.07. The van der Waals surface area contributed by atoms with Crippen LogP contribution in [-0.4, -0.2) is 43.0 Å². The Morgan fingerprint density at radius 2 is 1.86 bits per heavy atom. The van der Waals surface area contributed by atoms with Crippen molar-refractivity contribution in [3.05, 3.63) is 71.7 Å². The number of aromatic amines is 1. The third-order valence-corrected chi connectivity index (χ3v) is 4.51. The Labute approximate surface area is 160 Å². The number of aromatic nitrogens is 5. The van der Waals surface area contributed by atoms with Crippen LogP contribution in [0.15, 0.2) is 54.9 Å². The van der Waals surface area contributed by atoms with Gasteiger partial charge in [0, 0.05) is 22.2 Å². The topological polar surface area (TPSA) is 103 Å². The molecule has 0 unspecified atom stereocenters. The number of ether oxygens (including phenoxy) is 1. The Kier molecular flexibility index (Phi) is 4.44. The lowest BCUT2D eigenvalue weighted by atomic mass is 10.0. The van der Waals surface area contributed by atoms with E-state index in [4.69, 9.17) is 4.74 Å². The zero-order valence-electron chi connectivity index (χ0n) is 15.3. The Bertz CT molecular complexity index is 1150. The fourth-order valence-corrected chi connectivity index (χ4v) is 3.11. The lowest BCUT2D eigenvalue weighted by Gasteiger charge is -2.13. The molecule has 2 aromatic heterocycles. The number of para-hydroxylation sites is 1. The van der Waals surface area contributed by atoms with Gasteiger partial charge in [-0.2, -0.15) is 0 Å². The maximum atomic E-state index is 12.9. The summed E-state index contributed by atoms with van der Waals surface area (Å²) in [7, 11) is 0. The molecule has 0 bridgehead atoms. The van der Waals surface area contributed by atoms with E-state index in [2.05, 4.69) is 20.5 Å². The molecule has 2 aromatic carbocycles. The lowest BCUT2D eigenvalue weighted by molar-refractivity contribution is 0.0319. The first-order valence-electron chi connectivity index (χ1n) is 8.70. The van der Waals surface area contributed by atoms with Crippen molar-refractivity contribution in [2.75, 3.05) is 0 Å². The summed E-state index contributed by atoms with van der Waals surface area (Å²) >= 11 is 0. The largest absolute Gasteiger partial charge is 0.451 e. The van der Waals surface area contributed by atoms with Crippen molar-refractivity contribution in [1.29, 1.82) is 0 Å². The number of Topliss-reactive ketones (excluding diaryl/α,β-unsaturated/α-hetero) is 1. The van der Waals surface area contributed by atoms with Gasteiger partial charge < -0.3 is 9.72 Å². The number of benzene rings is 2. The highest BCUT2D eigenvalue weighted by molar-refractivity contribution is 6.11. The van der Waals surface area contributed by atoms with E-state index in [0.29, 0.717) is 16.8 Å². The van der Waals surface area contributed by atoms with Crippen molar-refractivity contribution in [3.63, 3.8) is 0 Å². The maximum Gasteiger partial charge on any atom is 0.338 e. The molecule has 4 rings (SSSR count). The van der Waals surface area contributed by atoms with Crippen molar-refractivity contribution < 1.29 is 14.3 Å². The summed E-state index contributed by atoms with van der Waals surface area (Å²) in [5, 5.41) is 11.7. The Balaban J connectivity index is 1.51. The van der Waals surface area contributed by atoms with Gasteiger partial charge in [0.1, 0.15) is 6.33 Å². The van der Waals surface area contributed by atoms with Crippen LogP contribution in [0.5, 0.6) is 0 Å². The quantitative estimate of drug-likeness (QED) is 0.425. The van der Waals surface area contributed by atoms with Crippen LogP contribution in [0.3, 0.4) is 0 Å². The Hall–Kier alpha value is -3.81. The van der Waals surface area contributed by atoms with E-state index < -0.39 is 12.1 Å². The molecular formula is C20H17N5O3. The van der Waals surface area contributed by atoms with E-state index in [1.54, 1.807) is 31.2 Å². The summed E-state index contributed by atoms with van der Waals surface area (Å²) in [5.74, 6) is -0.810. The molecule has 1 atom stereocenters. The van der Waals surface area contributed by atoms with Crippen LogP contribution in [-0.2, 0) is 4.74 Å². The standard InChI is InChI=1S/C20H17N5O3/c1-12-18(16-5-3-4-6-17(16)22-12)19(26)13(2)28-20(27)14-7-9-15(10-8-14)25-11-21-23-24-25/h3-11,13,22H,1-2H3/t13-/m1/s1. The second-order valence-electron chi connectivity index (χ2n) is 6.38. The van der Waals surface area contributed by atoms with Gasteiger partial charge in [0.25, 0.3) is 0 Å². The zero-order valence-corrected chi connectivity index (χ0v) is 15.3. The summed E-state index contributed by atoms with van der Waals surface area (Å²) in [4.78, 5) is 28.5. The van der Waals surface area contributed by atoms with Gasteiger partial charge in [-0.3, -0.25) is 4.79 Å². The highest BCUT2D eigenvalue weighted by atomic mass is 16.5. The molecule has 0 aliphatic rings. The van der Waals surface area contributed by atoms with Gasteiger partial charge in [0.05, 0.1) is 11.3 Å². The van der Waals surface area contributed by atoms with Gasteiger partial charge in [-0.05, 0) is 54.6 Å². The number of carbonyl (C=O) groups excluding carboxylic acids is 2. The molecule has 2 heterocycles. The number of fused-ring (bicyclic) bond motifs is 1. The molecule has 0 saturated heterocycles. The first-order chi connectivity index (χ1) is 13.5. The Morgan fingerprint density at radius 3 is 2.57 bits per heavy atom. The van der Waals surface area contributed by atoms with Crippen LogP contribution < -0.4 is 0 Å². The van der Waals surface area contributed by atoms with E-state index in [1.165, 1.54) is 11.0 Å². The Morgan fingerprint density at radius 1 is 1.11 bits per heavy atom. The predicted molar refractivity (Wildman–Crippen MR) is 101 cm³/mol. The van der Waals surface area contributed by atoms with Crippen LogP contribution in [0.25, 0.3) is 16.6 Å². The van der Waals surface area contributed by atoms with Gasteiger partial charge in [-0.15, -0.1) is 5.10 Å². The molecule has 8 nitrogen and oxygen atoms in total. The number of hydrogen-bond donors (Lipinski definition) is 1. The van der Waals surface area contributed by atoms with Gasteiger partial charge >= 0.3 is 5.97 Å². The van der Waals surface area contributed by atoms with Gasteiger partial charge in [0.15, 0.2) is 6.10 Å². The minimum Gasteiger partial charge on any atom is -0.451 e. The van der Waals surface area contributed by atoms with Crippen LogP contribution in [0, 0.1) is 6.92 Å². The lowest BCUT2D eigenvalue weighted by Crippen LogP contribution is -2.25. The van der Waals surface area contributed by atoms with Crippen LogP contribution in [0.4, 0.5) is 0 Å². The second-order valence-corrected chi connectivity index (χ2v) is 6.38. The summed E-state index contributed by atoms with van der Waals surface area (Å²) < 4.78 is 6.88. The number of aryl methyl sites for hydroxylation is 1. The monoisotopic (exact) mass is 375 g/mol. The summed E-state index contributed by atoms with van der Waals surface area (Å²) in [5.41, 5.74) is 3.22. The molecule has 0 radical (unpaired) electrons. The number of tetrazole rings is 1. The molecule has 0 aliphatic heterocycles. The van der Waals surface area contributed by atoms with Crippen molar-refractivity contribution in [3.8, 4) is 5.69 Å². The molecule has 1 N–H and O–H groups in total. The molecular weight excluding hydrogens is 358 g/mol. The number of hydrogen-bond acceptors (Lipinski definition) is 6. The minimum absolute atomic E-state index is 0.242. The third-order valence-electron chi connectivity index (χ3n) is 4.51. The average Bonchev–Trinajstić information content (AvgIpc) is 3.34. The molecule has 0 fully saturated rings. The third kappa shape index (κ3) is 3.16. The summed E-state index contributed by atoms with van der Waals surface area (Å²) in [6.45, 7) is 3.41. The molecule has 0 saturated carbocycles. The molecule has 4 aromatic rings. The van der Waals surface area contributed by atoms with E-state index >= 15 is 0 Å². The van der Waals surface area contributed by atoms with Crippen LogP contribution >= 0.6 is 0 Å². The van der Waals surface area contributed by atoms with Gasteiger partial charge in [-0.1, -0.05) is 18.2 Å². The highest BCUT2D eigenvalue weighted by Gasteiger charge is 2.24. The summed E-state index contributed by atoms with van der Waals surface area (Å²) in [6, 6.07) is 14.2. The molecule has 8 heteroatoms. The van der Waals surface area contributed by atoms with E-state index in [0.717, 1.165) is 16.6 Å². The number of rotatable bonds is 5. The van der Waals surface area contributed by atoms with Gasteiger partial charge in [-0.25, -0.2) is 9.48 Å². The van der Waals surface area contributed by atoms with Crippen molar-refractivity contribution in [1.82, 2.24) is 25.2 Å². The highest BCUT2D eigenvalue weighted by Crippen LogP contribution is 2.24. The zero-order chi connectivity index (χ0) is 19.7. The van der Waals surface area contributed by atoms with E-state index in [-0.39, 0.29) is 5.78 Å². The van der Waals surface area contributed by atoms with Crippen LogP contribution in [0.2, 0.25) is 0 Å². The minimum atomic E-state index is -0.912. The number of carbonyl (C=O) groups is 2. The number of esters is 1. The van der Waals surface area contributed by atoms with Crippen molar-refractivity contribution in [2.45, 2.75) is 20.0 Å². The molecule has 0 aliphatic carbocycles. The molecule has 0 amide bonds. The number of nitrogens with zero attached hydrogens (tertiary/aromatic N) is 4. The molecule has 140 valence electrons. The van der Waals surface area contributed by atoms with E-state index in [9.17, 15) is 9.59 Å². The smallest absolute Gasteiger partial charge is 0.338 e. The van der Waals surface area contributed by atoms with E-state index in [1.807, 2.05) is 31.2 Å².